The molecular weight excluding hydrogens is 270 g/mol. The molecule has 0 aromatic heterocycles. The standard InChI is InChI=1S/C10H9Cl3N2O/c11-5-3-6(12)9(7(13)4-5)15-2-1-8(14)10(15)16/h3-4,8H,1-2,14H2. The van der Waals surface area contributed by atoms with E-state index in [0.29, 0.717) is 33.7 Å². The van der Waals surface area contributed by atoms with Crippen LogP contribution in [0.3, 0.4) is 0 Å². The van der Waals surface area contributed by atoms with Gasteiger partial charge in [0.25, 0.3) is 0 Å². The topological polar surface area (TPSA) is 46.3 Å². The molecule has 2 rings (SSSR count). The van der Waals surface area contributed by atoms with Crippen molar-refractivity contribution in [2.45, 2.75) is 12.5 Å². The van der Waals surface area contributed by atoms with Crippen LogP contribution in [0, 0.1) is 0 Å². The van der Waals surface area contributed by atoms with E-state index < -0.39 is 6.04 Å². The highest BCUT2D eigenvalue weighted by Crippen LogP contribution is 2.38. The lowest BCUT2D eigenvalue weighted by Crippen LogP contribution is -2.34. The first kappa shape index (κ1) is 12.0. The van der Waals surface area contributed by atoms with Gasteiger partial charge < -0.3 is 10.6 Å². The molecule has 0 radical (unpaired) electrons. The fourth-order valence-electron chi connectivity index (χ4n) is 1.72. The molecule has 1 fully saturated rings. The van der Waals surface area contributed by atoms with Gasteiger partial charge in [0, 0.05) is 11.6 Å². The number of carbonyl (C=O) groups excluding carboxylic acids is 1. The Labute approximate surface area is 108 Å². The molecule has 3 nitrogen and oxygen atoms in total. The van der Waals surface area contributed by atoms with E-state index in [1.165, 1.54) is 4.90 Å². The van der Waals surface area contributed by atoms with Gasteiger partial charge in [-0.1, -0.05) is 34.8 Å². The van der Waals surface area contributed by atoms with Crippen LogP contribution in [0.15, 0.2) is 12.1 Å². The molecule has 86 valence electrons. The predicted molar refractivity (Wildman–Crippen MR) is 66.4 cm³/mol. The van der Waals surface area contributed by atoms with Crippen molar-refractivity contribution in [2.24, 2.45) is 5.73 Å². The van der Waals surface area contributed by atoms with Crippen molar-refractivity contribution in [3.63, 3.8) is 0 Å². The van der Waals surface area contributed by atoms with Crippen LogP contribution in [-0.2, 0) is 4.79 Å². The van der Waals surface area contributed by atoms with Crippen molar-refractivity contribution in [1.29, 1.82) is 0 Å². The maximum absolute atomic E-state index is 11.7. The van der Waals surface area contributed by atoms with Gasteiger partial charge in [0.1, 0.15) is 0 Å². The number of hydrogen-bond donors (Lipinski definition) is 1. The molecule has 1 saturated heterocycles. The van der Waals surface area contributed by atoms with Gasteiger partial charge >= 0.3 is 0 Å². The summed E-state index contributed by atoms with van der Waals surface area (Å²) >= 11 is 17.8. The van der Waals surface area contributed by atoms with E-state index in [1.54, 1.807) is 12.1 Å². The summed E-state index contributed by atoms with van der Waals surface area (Å²) in [5.74, 6) is -0.161. The van der Waals surface area contributed by atoms with Crippen LogP contribution in [0.2, 0.25) is 15.1 Å². The Hall–Kier alpha value is -0.480. The van der Waals surface area contributed by atoms with Crippen LogP contribution < -0.4 is 10.6 Å². The fraction of sp³-hybridized carbons (Fsp3) is 0.300. The van der Waals surface area contributed by atoms with Crippen LogP contribution in [0.4, 0.5) is 5.69 Å². The summed E-state index contributed by atoms with van der Waals surface area (Å²) in [6.45, 7) is 0.529. The Morgan fingerprint density at radius 3 is 2.25 bits per heavy atom. The minimum atomic E-state index is -0.470. The van der Waals surface area contributed by atoms with E-state index in [9.17, 15) is 4.79 Å². The predicted octanol–water partition coefficient (Wildman–Crippen LogP) is 2.71. The maximum Gasteiger partial charge on any atom is 0.244 e. The molecule has 1 amide bonds. The van der Waals surface area contributed by atoms with E-state index in [-0.39, 0.29) is 5.91 Å². The molecule has 1 aliphatic rings. The Balaban J connectivity index is 2.45. The summed E-state index contributed by atoms with van der Waals surface area (Å²) in [5.41, 5.74) is 6.12. The first-order valence-electron chi connectivity index (χ1n) is 4.72. The van der Waals surface area contributed by atoms with E-state index in [0.717, 1.165) is 0 Å². The molecule has 1 unspecified atom stereocenters. The Bertz CT molecular complexity index is 427. The van der Waals surface area contributed by atoms with Crippen molar-refractivity contribution in [1.82, 2.24) is 0 Å². The summed E-state index contributed by atoms with van der Waals surface area (Å²) < 4.78 is 0. The van der Waals surface area contributed by atoms with Gasteiger partial charge in [0.15, 0.2) is 0 Å². The highest BCUT2D eigenvalue weighted by atomic mass is 35.5. The van der Waals surface area contributed by atoms with Crippen molar-refractivity contribution in [2.75, 3.05) is 11.4 Å². The number of nitrogens with zero attached hydrogens (tertiary/aromatic N) is 1. The van der Waals surface area contributed by atoms with Crippen molar-refractivity contribution in [3.8, 4) is 0 Å². The van der Waals surface area contributed by atoms with Gasteiger partial charge in [0.05, 0.1) is 21.8 Å². The number of anilines is 1. The summed E-state index contributed by atoms with van der Waals surface area (Å²) in [6, 6.07) is 2.64. The Kier molecular flexibility index (Phi) is 3.31. The molecule has 1 atom stereocenters. The monoisotopic (exact) mass is 278 g/mol. The lowest BCUT2D eigenvalue weighted by Gasteiger charge is -2.19. The third-order valence-corrected chi connectivity index (χ3v) is 3.29. The number of halogens is 3. The number of amides is 1. The lowest BCUT2D eigenvalue weighted by atomic mass is 10.3. The maximum atomic E-state index is 11.7. The molecule has 0 aliphatic carbocycles. The zero-order chi connectivity index (χ0) is 11.9. The zero-order valence-electron chi connectivity index (χ0n) is 8.21. The normalized spacial score (nSPS) is 20.6. The second-order valence-electron chi connectivity index (χ2n) is 3.60. The highest BCUT2D eigenvalue weighted by Gasteiger charge is 2.32. The van der Waals surface area contributed by atoms with E-state index in [4.69, 9.17) is 40.5 Å². The second kappa shape index (κ2) is 4.41. The van der Waals surface area contributed by atoms with Crippen LogP contribution in [0.25, 0.3) is 0 Å². The molecule has 1 aliphatic heterocycles. The molecule has 0 spiro atoms. The van der Waals surface area contributed by atoms with Crippen LogP contribution in [-0.4, -0.2) is 18.5 Å². The first-order valence-corrected chi connectivity index (χ1v) is 5.85. The molecule has 1 aromatic carbocycles. The van der Waals surface area contributed by atoms with Gasteiger partial charge in [0.2, 0.25) is 5.91 Å². The molecule has 0 bridgehead atoms. The number of rotatable bonds is 1. The molecule has 0 saturated carbocycles. The number of benzene rings is 1. The Morgan fingerprint density at radius 2 is 1.81 bits per heavy atom. The molecule has 2 N–H and O–H groups in total. The number of nitrogens with two attached hydrogens (primary N) is 1. The molecule has 1 heterocycles. The molecule has 6 heteroatoms. The molecule has 16 heavy (non-hydrogen) atoms. The quantitative estimate of drug-likeness (QED) is 0.859. The van der Waals surface area contributed by atoms with Crippen LogP contribution in [0.5, 0.6) is 0 Å². The van der Waals surface area contributed by atoms with Crippen molar-refractivity contribution >= 4 is 46.4 Å². The van der Waals surface area contributed by atoms with E-state index in [2.05, 4.69) is 0 Å². The average Bonchev–Trinajstić information content (AvgIpc) is 2.48. The smallest absolute Gasteiger partial charge is 0.244 e. The van der Waals surface area contributed by atoms with Gasteiger partial charge in [-0.3, -0.25) is 4.79 Å². The van der Waals surface area contributed by atoms with Crippen molar-refractivity contribution in [3.05, 3.63) is 27.2 Å². The third-order valence-electron chi connectivity index (χ3n) is 2.50. The van der Waals surface area contributed by atoms with E-state index >= 15 is 0 Å². The number of carbonyl (C=O) groups is 1. The highest BCUT2D eigenvalue weighted by molar-refractivity contribution is 6.42. The van der Waals surface area contributed by atoms with Gasteiger partial charge in [-0.25, -0.2) is 0 Å². The van der Waals surface area contributed by atoms with Crippen LogP contribution in [0.1, 0.15) is 6.42 Å². The number of hydrogen-bond acceptors (Lipinski definition) is 2. The first-order chi connectivity index (χ1) is 7.50. The largest absolute Gasteiger partial charge is 0.320 e. The van der Waals surface area contributed by atoms with E-state index in [1.807, 2.05) is 0 Å². The van der Waals surface area contributed by atoms with Gasteiger partial charge in [-0.2, -0.15) is 0 Å². The summed E-state index contributed by atoms with van der Waals surface area (Å²) in [5, 5.41) is 1.16. The van der Waals surface area contributed by atoms with Crippen molar-refractivity contribution < 1.29 is 4.79 Å². The third kappa shape index (κ3) is 2.00. The molecular formula is C10H9Cl3N2O. The lowest BCUT2D eigenvalue weighted by molar-refractivity contribution is -0.118. The van der Waals surface area contributed by atoms with Crippen LogP contribution >= 0.6 is 34.8 Å². The summed E-state index contributed by atoms with van der Waals surface area (Å²) in [7, 11) is 0. The SMILES string of the molecule is NC1CCN(c2c(Cl)cc(Cl)cc2Cl)C1=O. The zero-order valence-corrected chi connectivity index (χ0v) is 10.5. The summed E-state index contributed by atoms with van der Waals surface area (Å²) in [6.07, 6.45) is 0.605. The second-order valence-corrected chi connectivity index (χ2v) is 4.85. The average molecular weight is 280 g/mol. The Morgan fingerprint density at radius 1 is 1.25 bits per heavy atom. The fourth-order valence-corrected chi connectivity index (χ4v) is 2.74. The molecule has 1 aromatic rings. The van der Waals surface area contributed by atoms with Gasteiger partial charge in [-0.15, -0.1) is 0 Å². The van der Waals surface area contributed by atoms with Gasteiger partial charge in [-0.05, 0) is 18.6 Å². The minimum Gasteiger partial charge on any atom is -0.320 e. The minimum absolute atomic E-state index is 0.161. The summed E-state index contributed by atoms with van der Waals surface area (Å²) in [4.78, 5) is 13.3.